The number of rotatable bonds is 5. The summed E-state index contributed by atoms with van der Waals surface area (Å²) in [6.45, 7) is 6.69. The highest BCUT2D eigenvalue weighted by atomic mass is 32.2. The maximum atomic E-state index is 4.08. The van der Waals surface area contributed by atoms with Gasteiger partial charge in [0, 0.05) is 56.6 Å². The summed E-state index contributed by atoms with van der Waals surface area (Å²) in [6.07, 6.45) is 5.88. The molecule has 2 heterocycles. The van der Waals surface area contributed by atoms with Crippen LogP contribution in [0.15, 0.2) is 53.7 Å². The smallest absolute Gasteiger partial charge is 0.0271 e. The van der Waals surface area contributed by atoms with Gasteiger partial charge < -0.3 is 0 Å². The van der Waals surface area contributed by atoms with Gasteiger partial charge in [-0.05, 0) is 41.6 Å². The SMILES string of the molecule is CSc1ccc(CN2CCN(Cc3ccncc3)CC2)cc1. The Kier molecular flexibility index (Phi) is 5.48. The Morgan fingerprint density at radius 1 is 0.818 bits per heavy atom. The molecule has 1 aliphatic rings. The first-order valence-electron chi connectivity index (χ1n) is 7.80. The first kappa shape index (κ1) is 15.5. The molecule has 0 saturated carbocycles. The Bertz CT molecular complexity index is 563. The van der Waals surface area contributed by atoms with Gasteiger partial charge in [-0.1, -0.05) is 12.1 Å². The standard InChI is InChI=1S/C18H23N3S/c1-22-18-4-2-16(3-5-18)14-20-10-12-21(13-11-20)15-17-6-8-19-9-7-17/h2-9H,10-15H2,1H3. The maximum absolute atomic E-state index is 4.08. The van der Waals surface area contributed by atoms with E-state index >= 15 is 0 Å². The number of nitrogens with zero attached hydrogens (tertiary/aromatic N) is 3. The van der Waals surface area contributed by atoms with Gasteiger partial charge in [0.05, 0.1) is 0 Å². The van der Waals surface area contributed by atoms with E-state index < -0.39 is 0 Å². The van der Waals surface area contributed by atoms with Crippen LogP contribution < -0.4 is 0 Å². The molecule has 1 aliphatic heterocycles. The van der Waals surface area contributed by atoms with E-state index in [1.165, 1.54) is 16.0 Å². The molecular weight excluding hydrogens is 290 g/mol. The van der Waals surface area contributed by atoms with Gasteiger partial charge in [-0.15, -0.1) is 11.8 Å². The molecule has 116 valence electrons. The van der Waals surface area contributed by atoms with E-state index in [9.17, 15) is 0 Å². The molecule has 1 fully saturated rings. The van der Waals surface area contributed by atoms with Crippen molar-refractivity contribution in [3.05, 3.63) is 59.9 Å². The van der Waals surface area contributed by atoms with Gasteiger partial charge in [0.25, 0.3) is 0 Å². The van der Waals surface area contributed by atoms with Crippen molar-refractivity contribution in [2.24, 2.45) is 0 Å². The molecular formula is C18H23N3S. The Labute approximate surface area is 137 Å². The first-order chi connectivity index (χ1) is 10.8. The molecule has 22 heavy (non-hydrogen) atoms. The summed E-state index contributed by atoms with van der Waals surface area (Å²) < 4.78 is 0. The molecule has 1 aromatic heterocycles. The molecule has 3 rings (SSSR count). The van der Waals surface area contributed by atoms with Crippen LogP contribution in [0.25, 0.3) is 0 Å². The Hall–Kier alpha value is -1.36. The quantitative estimate of drug-likeness (QED) is 0.790. The van der Waals surface area contributed by atoms with Crippen molar-refractivity contribution in [2.45, 2.75) is 18.0 Å². The van der Waals surface area contributed by atoms with Crippen molar-refractivity contribution < 1.29 is 0 Å². The van der Waals surface area contributed by atoms with Crippen molar-refractivity contribution in [3.8, 4) is 0 Å². The summed E-state index contributed by atoms with van der Waals surface area (Å²) in [5.41, 5.74) is 2.77. The molecule has 2 aromatic rings. The van der Waals surface area contributed by atoms with Gasteiger partial charge in [0.1, 0.15) is 0 Å². The van der Waals surface area contributed by atoms with Crippen LogP contribution in [0, 0.1) is 0 Å². The molecule has 3 nitrogen and oxygen atoms in total. The second-order valence-corrected chi connectivity index (χ2v) is 6.64. The summed E-state index contributed by atoms with van der Waals surface area (Å²) in [5.74, 6) is 0. The number of piperazine rings is 1. The highest BCUT2D eigenvalue weighted by Gasteiger charge is 2.16. The van der Waals surface area contributed by atoms with Crippen molar-refractivity contribution in [1.82, 2.24) is 14.8 Å². The topological polar surface area (TPSA) is 19.4 Å². The number of benzene rings is 1. The lowest BCUT2D eigenvalue weighted by Crippen LogP contribution is -2.45. The molecule has 0 N–H and O–H groups in total. The van der Waals surface area contributed by atoms with Crippen molar-refractivity contribution in [1.29, 1.82) is 0 Å². The highest BCUT2D eigenvalue weighted by Crippen LogP contribution is 2.16. The predicted octanol–water partition coefficient (Wildman–Crippen LogP) is 3.12. The number of thioether (sulfide) groups is 1. The Balaban J connectivity index is 1.47. The number of hydrogen-bond donors (Lipinski definition) is 0. The number of hydrogen-bond acceptors (Lipinski definition) is 4. The van der Waals surface area contributed by atoms with Crippen LogP contribution in [0.3, 0.4) is 0 Å². The van der Waals surface area contributed by atoms with Gasteiger partial charge in [-0.3, -0.25) is 14.8 Å². The largest absolute Gasteiger partial charge is 0.297 e. The second kappa shape index (κ2) is 7.77. The van der Waals surface area contributed by atoms with Crippen LogP contribution in [-0.2, 0) is 13.1 Å². The van der Waals surface area contributed by atoms with Gasteiger partial charge in [0.2, 0.25) is 0 Å². The van der Waals surface area contributed by atoms with Crippen LogP contribution in [0.4, 0.5) is 0 Å². The predicted molar refractivity (Wildman–Crippen MR) is 93.0 cm³/mol. The lowest BCUT2D eigenvalue weighted by Gasteiger charge is -2.34. The minimum absolute atomic E-state index is 1.04. The first-order valence-corrected chi connectivity index (χ1v) is 9.02. The molecule has 0 aliphatic carbocycles. The van der Waals surface area contributed by atoms with E-state index in [4.69, 9.17) is 0 Å². The lowest BCUT2D eigenvalue weighted by atomic mass is 10.2. The van der Waals surface area contributed by atoms with Crippen molar-refractivity contribution in [3.63, 3.8) is 0 Å². The van der Waals surface area contributed by atoms with Gasteiger partial charge >= 0.3 is 0 Å². The third-order valence-corrected chi connectivity index (χ3v) is 4.93. The molecule has 0 bridgehead atoms. The lowest BCUT2D eigenvalue weighted by molar-refractivity contribution is 0.122. The zero-order valence-corrected chi connectivity index (χ0v) is 13.9. The van der Waals surface area contributed by atoms with E-state index in [1.807, 2.05) is 12.4 Å². The Morgan fingerprint density at radius 2 is 1.32 bits per heavy atom. The second-order valence-electron chi connectivity index (χ2n) is 5.76. The summed E-state index contributed by atoms with van der Waals surface area (Å²) in [6, 6.07) is 13.2. The minimum atomic E-state index is 1.04. The number of aromatic nitrogens is 1. The number of pyridine rings is 1. The molecule has 0 atom stereocenters. The summed E-state index contributed by atoms with van der Waals surface area (Å²) in [7, 11) is 0. The third-order valence-electron chi connectivity index (χ3n) is 4.19. The summed E-state index contributed by atoms with van der Waals surface area (Å²) in [5, 5.41) is 0. The summed E-state index contributed by atoms with van der Waals surface area (Å²) >= 11 is 1.80. The van der Waals surface area contributed by atoms with E-state index in [-0.39, 0.29) is 0 Å². The van der Waals surface area contributed by atoms with Crippen LogP contribution in [-0.4, -0.2) is 47.2 Å². The Morgan fingerprint density at radius 3 is 1.82 bits per heavy atom. The van der Waals surface area contributed by atoms with Crippen LogP contribution in [0.2, 0.25) is 0 Å². The fourth-order valence-electron chi connectivity index (χ4n) is 2.84. The zero-order chi connectivity index (χ0) is 15.2. The monoisotopic (exact) mass is 313 g/mol. The molecule has 0 unspecified atom stereocenters. The van der Waals surface area contributed by atoms with Crippen molar-refractivity contribution >= 4 is 11.8 Å². The molecule has 0 radical (unpaired) electrons. The maximum Gasteiger partial charge on any atom is 0.0271 e. The van der Waals surface area contributed by atoms with Gasteiger partial charge in [-0.25, -0.2) is 0 Å². The van der Waals surface area contributed by atoms with Crippen LogP contribution >= 0.6 is 11.8 Å². The zero-order valence-electron chi connectivity index (χ0n) is 13.1. The van der Waals surface area contributed by atoms with Crippen molar-refractivity contribution in [2.75, 3.05) is 32.4 Å². The highest BCUT2D eigenvalue weighted by molar-refractivity contribution is 7.98. The van der Waals surface area contributed by atoms with E-state index in [0.717, 1.165) is 39.3 Å². The third kappa shape index (κ3) is 4.32. The van der Waals surface area contributed by atoms with E-state index in [2.05, 4.69) is 57.4 Å². The van der Waals surface area contributed by atoms with Gasteiger partial charge in [0.15, 0.2) is 0 Å². The minimum Gasteiger partial charge on any atom is -0.297 e. The summed E-state index contributed by atoms with van der Waals surface area (Å²) in [4.78, 5) is 10.5. The van der Waals surface area contributed by atoms with E-state index in [1.54, 1.807) is 11.8 Å². The molecule has 0 spiro atoms. The normalized spacial score (nSPS) is 16.8. The molecule has 1 aromatic carbocycles. The van der Waals surface area contributed by atoms with Crippen LogP contribution in [0.1, 0.15) is 11.1 Å². The average molecular weight is 313 g/mol. The van der Waals surface area contributed by atoms with Gasteiger partial charge in [-0.2, -0.15) is 0 Å². The average Bonchev–Trinajstić information content (AvgIpc) is 2.58. The molecule has 0 amide bonds. The molecule has 4 heteroatoms. The van der Waals surface area contributed by atoms with E-state index in [0.29, 0.717) is 0 Å². The fourth-order valence-corrected chi connectivity index (χ4v) is 3.25. The van der Waals surface area contributed by atoms with Crippen LogP contribution in [0.5, 0.6) is 0 Å². The molecule has 1 saturated heterocycles. The fraction of sp³-hybridized carbons (Fsp3) is 0.389.